The van der Waals surface area contributed by atoms with E-state index in [9.17, 15) is 9.59 Å². The summed E-state index contributed by atoms with van der Waals surface area (Å²) < 4.78 is 0. The number of carbonyl (C=O) groups is 2. The van der Waals surface area contributed by atoms with E-state index in [-0.39, 0.29) is 11.8 Å². The van der Waals surface area contributed by atoms with Gasteiger partial charge in [-0.2, -0.15) is 0 Å². The molecule has 0 aliphatic carbocycles. The molecule has 1 fully saturated rings. The molecule has 0 saturated carbocycles. The van der Waals surface area contributed by atoms with E-state index in [1.54, 1.807) is 12.1 Å². The number of hydrogen-bond donors (Lipinski definition) is 0. The van der Waals surface area contributed by atoms with Gasteiger partial charge in [0, 0.05) is 19.2 Å². The first kappa shape index (κ1) is 12.0. The molecule has 4 heteroatoms. The van der Waals surface area contributed by atoms with Crippen LogP contribution in [0.2, 0.25) is 0 Å². The van der Waals surface area contributed by atoms with Crippen LogP contribution >= 0.6 is 0 Å². The van der Waals surface area contributed by atoms with Gasteiger partial charge >= 0.3 is 0 Å². The molecule has 2 heterocycles. The molecule has 2 amide bonds. The fourth-order valence-electron chi connectivity index (χ4n) is 2.64. The smallest absolute Gasteiger partial charge is 0.281 e. The monoisotopic (exact) mass is 256 g/mol. The Labute approximate surface area is 112 Å². The first-order chi connectivity index (χ1) is 9.27. The van der Waals surface area contributed by atoms with Crippen molar-refractivity contribution in [2.24, 2.45) is 0 Å². The number of hydrogen-bond acceptors (Lipinski definition) is 3. The lowest BCUT2D eigenvalue weighted by Crippen LogP contribution is -2.37. The van der Waals surface area contributed by atoms with Crippen LogP contribution in [0.15, 0.2) is 42.1 Å². The second-order valence-electron chi connectivity index (χ2n) is 4.89. The Morgan fingerprint density at radius 2 is 1.58 bits per heavy atom. The fourth-order valence-corrected chi connectivity index (χ4v) is 2.64. The van der Waals surface area contributed by atoms with Crippen LogP contribution in [-0.4, -0.2) is 29.8 Å². The number of rotatable bonds is 2. The van der Waals surface area contributed by atoms with Gasteiger partial charge in [-0.25, -0.2) is 4.90 Å². The van der Waals surface area contributed by atoms with Crippen molar-refractivity contribution in [1.29, 1.82) is 0 Å². The van der Waals surface area contributed by atoms with Gasteiger partial charge in [0.15, 0.2) is 0 Å². The summed E-state index contributed by atoms with van der Waals surface area (Å²) in [7, 11) is 0. The molecule has 1 saturated heterocycles. The van der Waals surface area contributed by atoms with Gasteiger partial charge in [0.05, 0.1) is 5.69 Å². The molecule has 0 spiro atoms. The van der Waals surface area contributed by atoms with Gasteiger partial charge in [-0.15, -0.1) is 0 Å². The lowest BCUT2D eigenvalue weighted by Gasteiger charge is -2.29. The van der Waals surface area contributed by atoms with Crippen molar-refractivity contribution in [2.45, 2.75) is 19.3 Å². The first-order valence-corrected chi connectivity index (χ1v) is 6.67. The quantitative estimate of drug-likeness (QED) is 0.759. The Bertz CT molecular complexity index is 530. The number of nitrogens with zero attached hydrogens (tertiary/aromatic N) is 2. The zero-order valence-electron chi connectivity index (χ0n) is 10.7. The number of benzene rings is 1. The molecular formula is C15H16N2O2. The molecule has 0 bridgehead atoms. The molecule has 0 aromatic heterocycles. The van der Waals surface area contributed by atoms with Crippen molar-refractivity contribution in [2.75, 3.05) is 18.0 Å². The van der Waals surface area contributed by atoms with Gasteiger partial charge in [0.25, 0.3) is 11.8 Å². The third-order valence-electron chi connectivity index (χ3n) is 3.61. The van der Waals surface area contributed by atoms with Crippen molar-refractivity contribution in [3.63, 3.8) is 0 Å². The minimum absolute atomic E-state index is 0.196. The van der Waals surface area contributed by atoms with Crippen LogP contribution in [0.5, 0.6) is 0 Å². The van der Waals surface area contributed by atoms with E-state index in [1.807, 2.05) is 23.1 Å². The predicted molar refractivity (Wildman–Crippen MR) is 72.4 cm³/mol. The lowest BCUT2D eigenvalue weighted by molar-refractivity contribution is -0.121. The highest BCUT2D eigenvalue weighted by molar-refractivity contribution is 6.30. The number of carbonyl (C=O) groups excluding carboxylic acids is 2. The summed E-state index contributed by atoms with van der Waals surface area (Å²) in [6.07, 6.45) is 4.85. The minimum atomic E-state index is -0.239. The Morgan fingerprint density at radius 3 is 2.26 bits per heavy atom. The molecule has 2 aliphatic rings. The van der Waals surface area contributed by atoms with Crippen LogP contribution in [0.1, 0.15) is 19.3 Å². The van der Waals surface area contributed by atoms with Crippen molar-refractivity contribution < 1.29 is 9.59 Å². The summed E-state index contributed by atoms with van der Waals surface area (Å²) in [4.78, 5) is 27.7. The molecule has 98 valence electrons. The standard InChI is InChI=1S/C15H16N2O2/c18-14-11-13(16-9-5-2-6-10-16)15(19)17(14)12-7-3-1-4-8-12/h1,3-4,7-8,11H,2,5-6,9-10H2. The van der Waals surface area contributed by atoms with E-state index in [0.717, 1.165) is 25.9 Å². The van der Waals surface area contributed by atoms with Gasteiger partial charge in [0.1, 0.15) is 5.70 Å². The molecule has 1 aromatic carbocycles. The number of para-hydroxylation sites is 1. The molecule has 1 aromatic rings. The SMILES string of the molecule is O=C1C=C(N2CCCCC2)C(=O)N1c1ccccc1. The van der Waals surface area contributed by atoms with Crippen LogP contribution in [0.25, 0.3) is 0 Å². The van der Waals surface area contributed by atoms with Crippen LogP contribution in [0.3, 0.4) is 0 Å². The molecule has 4 nitrogen and oxygen atoms in total. The van der Waals surface area contributed by atoms with Gasteiger partial charge in [-0.3, -0.25) is 9.59 Å². The van der Waals surface area contributed by atoms with Crippen molar-refractivity contribution in [3.8, 4) is 0 Å². The number of anilines is 1. The van der Waals surface area contributed by atoms with Crippen LogP contribution in [0.4, 0.5) is 5.69 Å². The highest BCUT2D eigenvalue weighted by Gasteiger charge is 2.35. The second-order valence-corrected chi connectivity index (χ2v) is 4.89. The fraction of sp³-hybridized carbons (Fsp3) is 0.333. The average molecular weight is 256 g/mol. The van der Waals surface area contributed by atoms with E-state index >= 15 is 0 Å². The maximum atomic E-state index is 12.4. The topological polar surface area (TPSA) is 40.6 Å². The first-order valence-electron chi connectivity index (χ1n) is 6.67. The second kappa shape index (κ2) is 4.88. The molecule has 0 unspecified atom stereocenters. The maximum Gasteiger partial charge on any atom is 0.281 e. The Morgan fingerprint density at radius 1 is 0.895 bits per heavy atom. The van der Waals surface area contributed by atoms with Gasteiger partial charge < -0.3 is 4.90 Å². The van der Waals surface area contributed by atoms with Crippen LogP contribution in [0, 0.1) is 0 Å². The summed E-state index contributed by atoms with van der Waals surface area (Å²) in [6.45, 7) is 1.74. The van der Waals surface area contributed by atoms with Crippen LogP contribution < -0.4 is 4.90 Å². The van der Waals surface area contributed by atoms with Gasteiger partial charge in [-0.1, -0.05) is 18.2 Å². The third-order valence-corrected chi connectivity index (χ3v) is 3.61. The molecular weight excluding hydrogens is 240 g/mol. The number of piperidine rings is 1. The van der Waals surface area contributed by atoms with E-state index in [4.69, 9.17) is 0 Å². The predicted octanol–water partition coefficient (Wildman–Crippen LogP) is 1.93. The summed E-state index contributed by atoms with van der Waals surface area (Å²) >= 11 is 0. The summed E-state index contributed by atoms with van der Waals surface area (Å²) in [5, 5.41) is 0. The summed E-state index contributed by atoms with van der Waals surface area (Å²) in [5.74, 6) is -0.435. The zero-order chi connectivity index (χ0) is 13.2. The Hall–Kier alpha value is -2.10. The van der Waals surface area contributed by atoms with Crippen molar-refractivity contribution in [1.82, 2.24) is 4.90 Å². The Kier molecular flexibility index (Phi) is 3.07. The highest BCUT2D eigenvalue weighted by Crippen LogP contribution is 2.25. The highest BCUT2D eigenvalue weighted by atomic mass is 16.2. The molecule has 3 rings (SSSR count). The Balaban J connectivity index is 1.85. The van der Waals surface area contributed by atoms with Gasteiger partial charge in [-0.05, 0) is 31.4 Å². The lowest BCUT2D eigenvalue weighted by atomic mass is 10.1. The van der Waals surface area contributed by atoms with E-state index in [1.165, 1.54) is 17.4 Å². The van der Waals surface area contributed by atoms with Crippen LogP contribution in [-0.2, 0) is 9.59 Å². The van der Waals surface area contributed by atoms with E-state index in [0.29, 0.717) is 11.4 Å². The average Bonchev–Trinajstić information content (AvgIpc) is 2.76. The minimum Gasteiger partial charge on any atom is -0.367 e. The number of amides is 2. The normalized spacial score (nSPS) is 19.9. The van der Waals surface area contributed by atoms with E-state index in [2.05, 4.69) is 0 Å². The number of imide groups is 1. The molecule has 0 N–H and O–H groups in total. The molecule has 0 radical (unpaired) electrons. The summed E-state index contributed by atoms with van der Waals surface area (Å²) in [6, 6.07) is 9.09. The van der Waals surface area contributed by atoms with E-state index < -0.39 is 0 Å². The largest absolute Gasteiger partial charge is 0.367 e. The van der Waals surface area contributed by atoms with Crippen molar-refractivity contribution >= 4 is 17.5 Å². The molecule has 0 atom stereocenters. The summed E-state index contributed by atoms with van der Waals surface area (Å²) in [5.41, 5.74) is 1.19. The third kappa shape index (κ3) is 2.14. The number of likely N-dealkylation sites (tertiary alicyclic amines) is 1. The molecule has 19 heavy (non-hydrogen) atoms. The molecule has 2 aliphatic heterocycles. The van der Waals surface area contributed by atoms with Gasteiger partial charge in [0.2, 0.25) is 0 Å². The van der Waals surface area contributed by atoms with Crippen molar-refractivity contribution in [3.05, 3.63) is 42.1 Å². The maximum absolute atomic E-state index is 12.4. The zero-order valence-corrected chi connectivity index (χ0v) is 10.7.